The minimum absolute atomic E-state index is 0.0309. The van der Waals surface area contributed by atoms with E-state index in [1.165, 1.54) is 31.0 Å². The molecule has 0 aromatic heterocycles. The van der Waals surface area contributed by atoms with Gasteiger partial charge in [0.15, 0.2) is 0 Å². The molecule has 4 nitrogen and oxygen atoms in total. The summed E-state index contributed by atoms with van der Waals surface area (Å²) in [6, 6.07) is 5.62. The van der Waals surface area contributed by atoms with Gasteiger partial charge in [-0.1, -0.05) is 6.07 Å². The summed E-state index contributed by atoms with van der Waals surface area (Å²) in [4.78, 5) is 2.10. The van der Waals surface area contributed by atoms with Crippen LogP contribution in [-0.4, -0.2) is 39.5 Å². The Balaban J connectivity index is 1.90. The van der Waals surface area contributed by atoms with E-state index in [9.17, 15) is 12.8 Å². The molecule has 1 N–H and O–H groups in total. The van der Waals surface area contributed by atoms with Crippen LogP contribution in [0.25, 0.3) is 0 Å². The molecule has 0 bridgehead atoms. The van der Waals surface area contributed by atoms with Crippen molar-refractivity contribution in [2.24, 2.45) is 0 Å². The van der Waals surface area contributed by atoms with Gasteiger partial charge in [0.1, 0.15) is 5.82 Å². The number of likely N-dealkylation sites (N-methyl/N-ethyl adjacent to an activating group) is 1. The molecule has 0 unspecified atom stereocenters. The Labute approximate surface area is 107 Å². The topological polar surface area (TPSA) is 49.4 Å². The number of hydrogen-bond acceptors (Lipinski definition) is 3. The van der Waals surface area contributed by atoms with Crippen LogP contribution in [0.1, 0.15) is 12.8 Å². The van der Waals surface area contributed by atoms with Crippen LogP contribution in [0.4, 0.5) is 4.39 Å². The van der Waals surface area contributed by atoms with Gasteiger partial charge < -0.3 is 4.90 Å². The Morgan fingerprint density at radius 3 is 2.78 bits per heavy atom. The van der Waals surface area contributed by atoms with Gasteiger partial charge in [-0.2, -0.15) is 0 Å². The molecular weight excluding hydrogens is 255 g/mol. The van der Waals surface area contributed by atoms with Gasteiger partial charge in [0, 0.05) is 19.1 Å². The Morgan fingerprint density at radius 1 is 1.44 bits per heavy atom. The molecular formula is C12H17FN2O2S. The van der Waals surface area contributed by atoms with Crippen LogP contribution in [0, 0.1) is 5.82 Å². The highest BCUT2D eigenvalue weighted by molar-refractivity contribution is 7.89. The molecule has 1 aliphatic rings. The van der Waals surface area contributed by atoms with Gasteiger partial charge in [-0.25, -0.2) is 17.5 Å². The molecule has 1 aromatic rings. The number of nitrogens with one attached hydrogen (secondary N) is 1. The van der Waals surface area contributed by atoms with E-state index < -0.39 is 15.8 Å². The van der Waals surface area contributed by atoms with Crippen molar-refractivity contribution in [1.82, 2.24) is 9.62 Å². The van der Waals surface area contributed by atoms with Crippen molar-refractivity contribution >= 4 is 10.0 Å². The molecule has 2 rings (SSSR count). The summed E-state index contributed by atoms with van der Waals surface area (Å²) in [5.41, 5.74) is 0. The normalized spacial score (nSPS) is 16.2. The average Bonchev–Trinajstić information content (AvgIpc) is 3.12. The van der Waals surface area contributed by atoms with Gasteiger partial charge >= 0.3 is 0 Å². The number of benzene rings is 1. The maximum atomic E-state index is 13.0. The number of halogens is 1. The quantitative estimate of drug-likeness (QED) is 0.846. The second-order valence-corrected chi connectivity index (χ2v) is 6.33. The van der Waals surface area contributed by atoms with E-state index in [2.05, 4.69) is 9.62 Å². The van der Waals surface area contributed by atoms with Crippen molar-refractivity contribution < 1.29 is 12.8 Å². The molecule has 0 radical (unpaired) electrons. The zero-order valence-electron chi connectivity index (χ0n) is 10.3. The van der Waals surface area contributed by atoms with Crippen molar-refractivity contribution in [3.8, 4) is 0 Å². The first kappa shape index (κ1) is 13.5. The predicted molar refractivity (Wildman–Crippen MR) is 67.2 cm³/mol. The molecule has 1 aliphatic carbocycles. The predicted octanol–water partition coefficient (Wildman–Crippen LogP) is 1.20. The number of hydrogen-bond donors (Lipinski definition) is 1. The molecule has 0 aliphatic heterocycles. The molecule has 18 heavy (non-hydrogen) atoms. The average molecular weight is 272 g/mol. The van der Waals surface area contributed by atoms with E-state index in [0.29, 0.717) is 19.1 Å². The third-order valence-corrected chi connectivity index (χ3v) is 4.49. The maximum absolute atomic E-state index is 13.0. The van der Waals surface area contributed by atoms with Gasteiger partial charge in [-0.3, -0.25) is 0 Å². The van der Waals surface area contributed by atoms with E-state index in [-0.39, 0.29) is 4.90 Å². The van der Waals surface area contributed by atoms with Crippen LogP contribution in [0.3, 0.4) is 0 Å². The zero-order valence-corrected chi connectivity index (χ0v) is 11.1. The minimum Gasteiger partial charge on any atom is -0.302 e. The van der Waals surface area contributed by atoms with Gasteiger partial charge in [0.2, 0.25) is 10.0 Å². The van der Waals surface area contributed by atoms with Crippen molar-refractivity contribution in [2.75, 3.05) is 20.1 Å². The highest BCUT2D eigenvalue weighted by Gasteiger charge is 2.25. The van der Waals surface area contributed by atoms with Gasteiger partial charge in [-0.05, 0) is 38.1 Å². The molecule has 6 heteroatoms. The lowest BCUT2D eigenvalue weighted by Crippen LogP contribution is -2.34. The van der Waals surface area contributed by atoms with E-state index in [1.54, 1.807) is 0 Å². The van der Waals surface area contributed by atoms with Crippen molar-refractivity contribution in [2.45, 2.75) is 23.8 Å². The largest absolute Gasteiger partial charge is 0.302 e. The molecule has 1 aromatic carbocycles. The molecule has 100 valence electrons. The Morgan fingerprint density at radius 2 is 2.17 bits per heavy atom. The first-order valence-corrected chi connectivity index (χ1v) is 7.43. The summed E-state index contributed by atoms with van der Waals surface area (Å²) in [5, 5.41) is 0. The fourth-order valence-corrected chi connectivity index (χ4v) is 2.82. The highest BCUT2D eigenvalue weighted by Crippen LogP contribution is 2.24. The van der Waals surface area contributed by atoms with E-state index in [0.717, 1.165) is 6.07 Å². The molecule has 0 atom stereocenters. The van der Waals surface area contributed by atoms with Crippen LogP contribution in [0.5, 0.6) is 0 Å². The minimum atomic E-state index is -3.60. The van der Waals surface area contributed by atoms with Gasteiger partial charge in [0.25, 0.3) is 0 Å². The Hall–Kier alpha value is -0.980. The maximum Gasteiger partial charge on any atom is 0.240 e. The summed E-state index contributed by atoms with van der Waals surface area (Å²) in [7, 11) is -1.62. The standard InChI is InChI=1S/C12H17FN2O2S/c1-15(11-5-6-11)8-7-14-18(16,17)12-4-2-3-10(13)9-12/h2-4,9,11,14H,5-8H2,1H3. The fraction of sp³-hybridized carbons (Fsp3) is 0.500. The second kappa shape index (κ2) is 5.34. The summed E-state index contributed by atoms with van der Waals surface area (Å²) >= 11 is 0. The van der Waals surface area contributed by atoms with Crippen LogP contribution in [-0.2, 0) is 10.0 Å². The summed E-state index contributed by atoms with van der Waals surface area (Å²) in [5.74, 6) is -0.548. The molecule has 0 heterocycles. The third kappa shape index (κ3) is 3.51. The summed E-state index contributed by atoms with van der Waals surface area (Å²) in [6.07, 6.45) is 2.38. The summed E-state index contributed by atoms with van der Waals surface area (Å²) < 4.78 is 39.2. The van der Waals surface area contributed by atoms with Gasteiger partial charge in [-0.15, -0.1) is 0 Å². The fourth-order valence-electron chi connectivity index (χ4n) is 1.77. The van der Waals surface area contributed by atoms with Crippen LogP contribution in [0.2, 0.25) is 0 Å². The molecule has 1 fully saturated rings. The lowest BCUT2D eigenvalue weighted by atomic mass is 10.4. The Bertz CT molecular complexity index is 515. The highest BCUT2D eigenvalue weighted by atomic mass is 32.2. The van der Waals surface area contributed by atoms with Crippen molar-refractivity contribution in [1.29, 1.82) is 0 Å². The van der Waals surface area contributed by atoms with Gasteiger partial charge in [0.05, 0.1) is 4.90 Å². The molecule has 0 amide bonds. The van der Waals surface area contributed by atoms with Crippen LogP contribution < -0.4 is 4.72 Å². The lowest BCUT2D eigenvalue weighted by Gasteiger charge is -2.15. The number of nitrogens with zero attached hydrogens (tertiary/aromatic N) is 1. The van der Waals surface area contributed by atoms with Crippen LogP contribution in [0.15, 0.2) is 29.2 Å². The van der Waals surface area contributed by atoms with E-state index >= 15 is 0 Å². The third-order valence-electron chi connectivity index (χ3n) is 3.03. The smallest absolute Gasteiger partial charge is 0.240 e. The van der Waals surface area contributed by atoms with Crippen molar-refractivity contribution in [3.05, 3.63) is 30.1 Å². The van der Waals surface area contributed by atoms with Crippen molar-refractivity contribution in [3.63, 3.8) is 0 Å². The monoisotopic (exact) mass is 272 g/mol. The second-order valence-electron chi connectivity index (χ2n) is 4.57. The number of sulfonamides is 1. The first-order chi connectivity index (χ1) is 8.49. The zero-order chi connectivity index (χ0) is 13.2. The Kier molecular flexibility index (Phi) is 3.99. The molecule has 1 saturated carbocycles. The summed E-state index contributed by atoms with van der Waals surface area (Å²) in [6.45, 7) is 1.01. The first-order valence-electron chi connectivity index (χ1n) is 5.94. The van der Waals surface area contributed by atoms with E-state index in [1.807, 2.05) is 7.05 Å². The molecule has 0 spiro atoms. The van der Waals surface area contributed by atoms with Crippen LogP contribution >= 0.6 is 0 Å². The van der Waals surface area contributed by atoms with E-state index in [4.69, 9.17) is 0 Å². The SMILES string of the molecule is CN(CCNS(=O)(=O)c1cccc(F)c1)C1CC1. The number of rotatable bonds is 6. The molecule has 0 saturated heterocycles. The lowest BCUT2D eigenvalue weighted by molar-refractivity contribution is 0.329.